The Morgan fingerprint density at radius 3 is 2.27 bits per heavy atom. The third-order valence-electron chi connectivity index (χ3n) is 4.69. The maximum atomic E-state index is 13.8. The number of rotatable bonds is 5. The molecule has 0 saturated carbocycles. The van der Waals surface area contributed by atoms with Gasteiger partial charge < -0.3 is 9.13 Å². The molecule has 0 amide bonds. The van der Waals surface area contributed by atoms with Crippen LogP contribution < -0.4 is 0 Å². The molecule has 0 spiro atoms. The molecule has 4 aromatic rings. The van der Waals surface area contributed by atoms with Crippen molar-refractivity contribution in [1.82, 2.24) is 39.5 Å². The zero-order valence-corrected chi connectivity index (χ0v) is 18.8. The molecule has 0 saturated heterocycles. The lowest BCUT2D eigenvalue weighted by molar-refractivity contribution is -0.291. The Hall–Kier alpha value is -2.87. The second-order valence-electron chi connectivity index (χ2n) is 6.83. The molecular formula is C18H14ClF5N8S. The van der Waals surface area contributed by atoms with Gasteiger partial charge in [0.1, 0.15) is 27.6 Å². The first-order chi connectivity index (χ1) is 15.5. The van der Waals surface area contributed by atoms with Crippen LogP contribution in [0.2, 0.25) is 5.15 Å². The van der Waals surface area contributed by atoms with Crippen LogP contribution in [-0.4, -0.2) is 51.4 Å². The predicted octanol–water partition coefficient (Wildman–Crippen LogP) is 4.64. The highest BCUT2D eigenvalue weighted by Crippen LogP contribution is 2.43. The van der Waals surface area contributed by atoms with Gasteiger partial charge in [-0.3, -0.25) is 0 Å². The number of halogens is 6. The molecule has 0 radical (unpaired) electrons. The van der Waals surface area contributed by atoms with Gasteiger partial charge in [0.2, 0.25) is 0 Å². The number of thioether (sulfide) groups is 1. The molecule has 0 aliphatic heterocycles. The smallest absolute Gasteiger partial charge is 0.320 e. The lowest BCUT2D eigenvalue weighted by Crippen LogP contribution is -2.34. The molecule has 4 aromatic heterocycles. The van der Waals surface area contributed by atoms with E-state index in [2.05, 4.69) is 30.4 Å². The monoisotopic (exact) mass is 504 g/mol. The van der Waals surface area contributed by atoms with Gasteiger partial charge in [-0.15, -0.1) is 32.2 Å². The number of aromatic nitrogens is 8. The van der Waals surface area contributed by atoms with E-state index in [1.165, 1.54) is 23.4 Å². The standard InChI is InChI=1S/C18H14ClF5N8S/c1-4-33-16-12(26-13(32(16)3)8-5-6-11(19)29-27-8)15-25-9-7-10(17(20,21)18(22,23)24)28-30-14(9)31(15)2/h5-7H,4H2,1-3H3. The van der Waals surface area contributed by atoms with E-state index < -0.39 is 17.8 Å². The van der Waals surface area contributed by atoms with Crippen LogP contribution in [0.3, 0.4) is 0 Å². The largest absolute Gasteiger partial charge is 0.459 e. The fourth-order valence-electron chi connectivity index (χ4n) is 3.09. The van der Waals surface area contributed by atoms with Crippen molar-refractivity contribution in [1.29, 1.82) is 0 Å². The molecule has 0 aliphatic rings. The lowest BCUT2D eigenvalue weighted by atomic mass is 10.2. The van der Waals surface area contributed by atoms with Crippen LogP contribution in [0.1, 0.15) is 12.6 Å². The molecule has 0 fully saturated rings. The molecule has 0 unspecified atom stereocenters. The average Bonchev–Trinajstić information content (AvgIpc) is 3.25. The summed E-state index contributed by atoms with van der Waals surface area (Å²) >= 11 is 7.24. The molecule has 4 heterocycles. The highest BCUT2D eigenvalue weighted by Gasteiger charge is 2.60. The summed E-state index contributed by atoms with van der Waals surface area (Å²) in [4.78, 5) is 8.86. The lowest BCUT2D eigenvalue weighted by Gasteiger charge is -2.17. The van der Waals surface area contributed by atoms with E-state index in [1.807, 2.05) is 6.92 Å². The summed E-state index contributed by atoms with van der Waals surface area (Å²) in [5, 5.41) is 15.4. The zero-order valence-electron chi connectivity index (χ0n) is 17.2. The first-order valence-corrected chi connectivity index (χ1v) is 10.7. The summed E-state index contributed by atoms with van der Waals surface area (Å²) in [6, 6.07) is 3.77. The minimum absolute atomic E-state index is 0.0256. The van der Waals surface area contributed by atoms with Crippen LogP contribution >= 0.6 is 23.4 Å². The SMILES string of the molecule is CCSc1c(-c2nc3cc(C(F)(F)C(F)(F)F)nnc3n2C)nc(-c2ccc(Cl)nn2)n1C. The number of aryl methyl sites for hydroxylation is 1. The van der Waals surface area contributed by atoms with Gasteiger partial charge >= 0.3 is 12.1 Å². The molecule has 0 N–H and O–H groups in total. The first kappa shape index (κ1) is 23.3. The molecule has 15 heteroatoms. The number of fused-ring (bicyclic) bond motifs is 1. The summed E-state index contributed by atoms with van der Waals surface area (Å²) < 4.78 is 69.0. The summed E-state index contributed by atoms with van der Waals surface area (Å²) in [5.74, 6) is -3.84. The van der Waals surface area contributed by atoms with Crippen molar-refractivity contribution in [2.75, 3.05) is 5.75 Å². The second kappa shape index (κ2) is 8.17. The molecule has 0 atom stereocenters. The topological polar surface area (TPSA) is 87.2 Å². The average molecular weight is 505 g/mol. The van der Waals surface area contributed by atoms with Gasteiger partial charge in [0.05, 0.1) is 0 Å². The Bertz CT molecular complexity index is 1330. The molecule has 174 valence electrons. The number of alkyl halides is 5. The van der Waals surface area contributed by atoms with Crippen molar-refractivity contribution < 1.29 is 22.0 Å². The fourth-order valence-corrected chi connectivity index (χ4v) is 4.02. The van der Waals surface area contributed by atoms with Crippen molar-refractivity contribution in [2.24, 2.45) is 14.1 Å². The molecule has 0 aromatic carbocycles. The van der Waals surface area contributed by atoms with Crippen molar-refractivity contribution >= 4 is 34.5 Å². The van der Waals surface area contributed by atoms with E-state index in [-0.39, 0.29) is 22.1 Å². The third kappa shape index (κ3) is 3.90. The predicted molar refractivity (Wildman–Crippen MR) is 111 cm³/mol. The van der Waals surface area contributed by atoms with Gasteiger partial charge in [-0.2, -0.15) is 22.0 Å². The number of hydrogen-bond acceptors (Lipinski definition) is 7. The molecule has 0 bridgehead atoms. The van der Waals surface area contributed by atoms with Crippen LogP contribution in [0.25, 0.3) is 34.2 Å². The van der Waals surface area contributed by atoms with E-state index in [0.717, 1.165) is 0 Å². The fraction of sp³-hybridized carbons (Fsp3) is 0.333. The summed E-state index contributed by atoms with van der Waals surface area (Å²) in [7, 11) is 3.29. The molecular weight excluding hydrogens is 491 g/mol. The van der Waals surface area contributed by atoms with Crippen molar-refractivity contribution in [3.05, 3.63) is 29.0 Å². The normalized spacial score (nSPS) is 12.6. The van der Waals surface area contributed by atoms with Crippen LogP contribution in [-0.2, 0) is 20.0 Å². The molecule has 8 nitrogen and oxygen atoms in total. The third-order valence-corrected chi connectivity index (χ3v) is 5.92. The Morgan fingerprint density at radius 2 is 1.67 bits per heavy atom. The van der Waals surface area contributed by atoms with Gasteiger partial charge in [0.15, 0.2) is 22.4 Å². The summed E-state index contributed by atoms with van der Waals surface area (Å²) in [6.45, 7) is 1.93. The van der Waals surface area contributed by atoms with E-state index in [1.54, 1.807) is 23.7 Å². The Morgan fingerprint density at radius 1 is 0.939 bits per heavy atom. The quantitative estimate of drug-likeness (QED) is 0.289. The van der Waals surface area contributed by atoms with Crippen molar-refractivity contribution in [2.45, 2.75) is 24.0 Å². The van der Waals surface area contributed by atoms with Gasteiger partial charge in [-0.25, -0.2) is 9.97 Å². The van der Waals surface area contributed by atoms with E-state index in [4.69, 9.17) is 11.6 Å². The van der Waals surface area contributed by atoms with Gasteiger partial charge in [0.25, 0.3) is 0 Å². The van der Waals surface area contributed by atoms with Gasteiger partial charge in [-0.1, -0.05) is 18.5 Å². The van der Waals surface area contributed by atoms with E-state index in [9.17, 15) is 22.0 Å². The van der Waals surface area contributed by atoms with Crippen molar-refractivity contribution in [3.8, 4) is 23.0 Å². The molecule has 4 rings (SSSR count). The number of hydrogen-bond donors (Lipinski definition) is 0. The minimum atomic E-state index is -5.81. The highest BCUT2D eigenvalue weighted by atomic mass is 35.5. The van der Waals surface area contributed by atoms with Gasteiger partial charge in [-0.05, 0) is 24.0 Å². The minimum Gasteiger partial charge on any atom is -0.320 e. The zero-order chi connectivity index (χ0) is 24.1. The maximum Gasteiger partial charge on any atom is 0.459 e. The number of imidazole rings is 2. The van der Waals surface area contributed by atoms with Crippen LogP contribution in [0.5, 0.6) is 0 Å². The highest BCUT2D eigenvalue weighted by molar-refractivity contribution is 7.99. The van der Waals surface area contributed by atoms with E-state index in [0.29, 0.717) is 34.1 Å². The number of nitrogens with zero attached hydrogens (tertiary/aromatic N) is 8. The van der Waals surface area contributed by atoms with Crippen LogP contribution in [0, 0.1) is 0 Å². The molecule has 33 heavy (non-hydrogen) atoms. The van der Waals surface area contributed by atoms with Gasteiger partial charge in [0, 0.05) is 14.1 Å². The summed E-state index contributed by atoms with van der Waals surface area (Å²) in [5.41, 5.74) is -0.879. The van der Waals surface area contributed by atoms with Crippen LogP contribution in [0.4, 0.5) is 22.0 Å². The maximum absolute atomic E-state index is 13.8. The summed E-state index contributed by atoms with van der Waals surface area (Å²) in [6.07, 6.45) is -5.81. The molecule has 0 aliphatic carbocycles. The van der Waals surface area contributed by atoms with Crippen LogP contribution in [0.15, 0.2) is 23.2 Å². The first-order valence-electron chi connectivity index (χ1n) is 9.30. The van der Waals surface area contributed by atoms with E-state index >= 15 is 0 Å². The Kier molecular flexibility index (Phi) is 5.76. The Balaban J connectivity index is 1.89. The van der Waals surface area contributed by atoms with Crippen molar-refractivity contribution in [3.63, 3.8) is 0 Å². The second-order valence-corrected chi connectivity index (χ2v) is 8.47. The Labute approximate surface area is 192 Å².